The third-order valence-electron chi connectivity index (χ3n) is 7.05. The highest BCUT2D eigenvalue weighted by Gasteiger charge is 2.37. The van der Waals surface area contributed by atoms with E-state index in [1.807, 2.05) is 24.3 Å². The number of carbonyl (C=O) groups is 3. The van der Waals surface area contributed by atoms with Gasteiger partial charge in [-0.2, -0.15) is 0 Å². The number of ether oxygens (including phenoxy) is 3. The van der Waals surface area contributed by atoms with Gasteiger partial charge in [-0.1, -0.05) is 48.9 Å². The van der Waals surface area contributed by atoms with Crippen LogP contribution in [-0.2, 0) is 19.1 Å². The molecule has 1 aromatic heterocycles. The highest BCUT2D eigenvalue weighted by atomic mass is 32.1. The van der Waals surface area contributed by atoms with E-state index in [0.717, 1.165) is 29.9 Å². The molecule has 0 bridgehead atoms. The lowest BCUT2D eigenvalue weighted by Gasteiger charge is -2.25. The van der Waals surface area contributed by atoms with Gasteiger partial charge >= 0.3 is 11.9 Å². The Balaban J connectivity index is 1.78. The van der Waals surface area contributed by atoms with E-state index < -0.39 is 23.5 Å². The van der Waals surface area contributed by atoms with Gasteiger partial charge in [-0.15, -0.1) is 0 Å². The van der Waals surface area contributed by atoms with Crippen molar-refractivity contribution in [2.75, 3.05) is 25.7 Å². The van der Waals surface area contributed by atoms with Crippen LogP contribution >= 0.6 is 11.3 Å². The number of allylic oxidation sites excluding steroid dienone is 1. The molecule has 0 N–H and O–H groups in total. The largest absolute Gasteiger partial charge is 0.493 e. The van der Waals surface area contributed by atoms with Crippen LogP contribution in [0.4, 0.5) is 5.69 Å². The van der Waals surface area contributed by atoms with Gasteiger partial charge in [-0.05, 0) is 37.1 Å². The number of para-hydroxylation sites is 1. The molecule has 3 heterocycles. The van der Waals surface area contributed by atoms with Gasteiger partial charge in [-0.25, -0.2) is 9.79 Å². The lowest BCUT2D eigenvalue weighted by molar-refractivity contribution is -0.136. The second kappa shape index (κ2) is 11.2. The van der Waals surface area contributed by atoms with Gasteiger partial charge in [0.1, 0.15) is 4.53 Å². The lowest BCUT2D eigenvalue weighted by atomic mass is 9.95. The molecule has 212 valence electrons. The molecule has 0 spiro atoms. The number of unbranched alkanes of at least 4 members (excludes halogenated alkanes) is 1. The molecule has 0 saturated heterocycles. The van der Waals surface area contributed by atoms with E-state index in [1.54, 1.807) is 30.0 Å². The zero-order valence-corrected chi connectivity index (χ0v) is 24.2. The molecule has 2 aliphatic rings. The number of hydrogen-bond acceptors (Lipinski definition) is 9. The third kappa shape index (κ3) is 4.76. The van der Waals surface area contributed by atoms with Crippen LogP contribution in [-0.4, -0.2) is 43.2 Å². The second-order valence-electron chi connectivity index (χ2n) is 9.60. The molecule has 2 aromatic carbocycles. The van der Waals surface area contributed by atoms with Crippen molar-refractivity contribution in [1.29, 1.82) is 0 Å². The van der Waals surface area contributed by atoms with Crippen molar-refractivity contribution in [2.45, 2.75) is 39.7 Å². The van der Waals surface area contributed by atoms with Gasteiger partial charge in [0.2, 0.25) is 0 Å². The quantitative estimate of drug-likeness (QED) is 0.314. The van der Waals surface area contributed by atoms with E-state index in [4.69, 9.17) is 14.2 Å². The number of amides is 1. The zero-order valence-electron chi connectivity index (χ0n) is 23.3. The number of nitrogens with zero attached hydrogens (tertiary/aromatic N) is 3. The first-order valence-electron chi connectivity index (χ1n) is 13.1. The van der Waals surface area contributed by atoms with Crippen molar-refractivity contribution < 1.29 is 28.6 Å². The Morgan fingerprint density at radius 1 is 1.07 bits per heavy atom. The summed E-state index contributed by atoms with van der Waals surface area (Å²) in [5.74, 6) is -0.971. The van der Waals surface area contributed by atoms with Crippen LogP contribution in [0.1, 0.15) is 50.8 Å². The summed E-state index contributed by atoms with van der Waals surface area (Å²) < 4.78 is 17.4. The number of thiazole rings is 1. The molecule has 3 aromatic rings. The number of aromatic nitrogens is 1. The third-order valence-corrected chi connectivity index (χ3v) is 8.10. The minimum Gasteiger partial charge on any atom is -0.493 e. The molecule has 0 saturated carbocycles. The molecule has 11 heteroatoms. The van der Waals surface area contributed by atoms with Crippen molar-refractivity contribution >= 4 is 40.4 Å². The van der Waals surface area contributed by atoms with E-state index in [-0.39, 0.29) is 27.5 Å². The molecule has 1 atom stereocenters. The van der Waals surface area contributed by atoms with Crippen molar-refractivity contribution in [3.63, 3.8) is 0 Å². The van der Waals surface area contributed by atoms with E-state index in [2.05, 4.69) is 11.9 Å². The van der Waals surface area contributed by atoms with Gasteiger partial charge in [0.15, 0.2) is 16.3 Å². The standard InChI is InChI=1S/C30H29N3O7S/c1-6-7-14-32-20-11-9-8-10-19(20)24(27(32)35)26-28(36)33-25(23(29(37)39-5)16(2)31-30(33)41-26)18-12-13-21(40-17(3)34)22(15-18)38-4/h8-13,15,25H,6-7,14H2,1-5H3/b26-24-. The van der Waals surface area contributed by atoms with Crippen LogP contribution in [0.5, 0.6) is 11.5 Å². The average Bonchev–Trinajstić information content (AvgIpc) is 3.42. The molecule has 41 heavy (non-hydrogen) atoms. The van der Waals surface area contributed by atoms with E-state index in [9.17, 15) is 19.2 Å². The number of carbonyl (C=O) groups excluding carboxylic acids is 3. The second-order valence-corrected chi connectivity index (χ2v) is 10.6. The highest BCUT2D eigenvalue weighted by Crippen LogP contribution is 2.37. The molecule has 1 amide bonds. The summed E-state index contributed by atoms with van der Waals surface area (Å²) in [6.45, 7) is 5.55. The van der Waals surface area contributed by atoms with Crippen molar-refractivity contribution in [3.05, 3.63) is 84.5 Å². The Morgan fingerprint density at radius 2 is 1.83 bits per heavy atom. The smallest absolute Gasteiger partial charge is 0.338 e. The van der Waals surface area contributed by atoms with Gasteiger partial charge in [0.25, 0.3) is 11.5 Å². The molecule has 2 aliphatic heterocycles. The summed E-state index contributed by atoms with van der Waals surface area (Å²) >= 11 is 1.11. The normalized spacial score (nSPS) is 17.1. The topological polar surface area (TPSA) is 117 Å². The SMILES string of the molecule is CCCCN1C(=O)/C(=c2\sc3n(c2=O)C(c2ccc(OC(C)=O)c(OC)c2)C(C(=O)OC)=C(C)N=3)c2ccccc21. The first-order chi connectivity index (χ1) is 19.7. The molecular weight excluding hydrogens is 546 g/mol. The molecule has 5 rings (SSSR count). The Labute approximate surface area is 239 Å². The first kappa shape index (κ1) is 28.0. The van der Waals surface area contributed by atoms with E-state index in [0.29, 0.717) is 33.7 Å². The number of esters is 2. The molecule has 10 nitrogen and oxygen atoms in total. The predicted molar refractivity (Wildman–Crippen MR) is 153 cm³/mol. The van der Waals surface area contributed by atoms with Gasteiger partial charge in [-0.3, -0.25) is 19.0 Å². The minimum absolute atomic E-state index is 0.168. The zero-order chi connectivity index (χ0) is 29.4. The van der Waals surface area contributed by atoms with Crippen LogP contribution in [0.3, 0.4) is 0 Å². The van der Waals surface area contributed by atoms with Crippen LogP contribution in [0, 0.1) is 0 Å². The van der Waals surface area contributed by atoms with E-state index >= 15 is 0 Å². The van der Waals surface area contributed by atoms with Crippen molar-refractivity contribution in [3.8, 4) is 11.5 Å². The molecule has 0 fully saturated rings. The molecule has 0 aliphatic carbocycles. The first-order valence-corrected chi connectivity index (χ1v) is 13.9. The Bertz CT molecular complexity index is 1800. The molecule has 0 radical (unpaired) electrons. The fourth-order valence-electron chi connectivity index (χ4n) is 5.19. The minimum atomic E-state index is -0.934. The number of anilines is 1. The number of rotatable bonds is 7. The molecule has 1 unspecified atom stereocenters. The Kier molecular flexibility index (Phi) is 7.63. The fraction of sp³-hybridized carbons (Fsp3) is 0.300. The summed E-state index contributed by atoms with van der Waals surface area (Å²) in [4.78, 5) is 59.3. The maximum absolute atomic E-state index is 14.2. The maximum atomic E-state index is 14.2. The van der Waals surface area contributed by atoms with Crippen LogP contribution < -0.4 is 29.3 Å². The van der Waals surface area contributed by atoms with Gasteiger partial charge in [0.05, 0.1) is 42.8 Å². The van der Waals surface area contributed by atoms with Crippen LogP contribution in [0.15, 0.2) is 63.5 Å². The predicted octanol–water partition coefficient (Wildman–Crippen LogP) is 2.86. The Morgan fingerprint density at radius 3 is 2.51 bits per heavy atom. The summed E-state index contributed by atoms with van der Waals surface area (Å²) in [7, 11) is 2.69. The van der Waals surface area contributed by atoms with Gasteiger partial charge < -0.3 is 19.1 Å². The maximum Gasteiger partial charge on any atom is 0.338 e. The number of methoxy groups -OCH3 is 2. The average molecular weight is 576 g/mol. The number of fused-ring (bicyclic) bond motifs is 2. The molecular formula is C30H29N3O7S. The summed E-state index contributed by atoms with van der Waals surface area (Å²) in [5.41, 5.74) is 2.38. The van der Waals surface area contributed by atoms with Crippen LogP contribution in [0.25, 0.3) is 5.57 Å². The van der Waals surface area contributed by atoms with Crippen LogP contribution in [0.2, 0.25) is 0 Å². The van der Waals surface area contributed by atoms with E-state index in [1.165, 1.54) is 25.7 Å². The summed E-state index contributed by atoms with van der Waals surface area (Å²) in [6.07, 6.45) is 1.74. The van der Waals surface area contributed by atoms with Crippen molar-refractivity contribution in [1.82, 2.24) is 4.57 Å². The summed E-state index contributed by atoms with van der Waals surface area (Å²) in [6, 6.07) is 11.3. The number of benzene rings is 2. The monoisotopic (exact) mass is 575 g/mol. The number of hydrogen-bond donors (Lipinski definition) is 0. The highest BCUT2D eigenvalue weighted by molar-refractivity contribution is 7.07. The van der Waals surface area contributed by atoms with Crippen molar-refractivity contribution in [2.24, 2.45) is 4.99 Å². The fourth-order valence-corrected chi connectivity index (χ4v) is 6.33. The summed E-state index contributed by atoms with van der Waals surface area (Å²) in [5, 5.41) is 0. The Hall–Kier alpha value is -4.51. The van der Waals surface area contributed by atoms with Gasteiger partial charge in [0, 0.05) is 19.0 Å². The lowest BCUT2D eigenvalue weighted by Crippen LogP contribution is -2.41.